The Labute approximate surface area is 117 Å². The summed E-state index contributed by atoms with van der Waals surface area (Å²) in [5.41, 5.74) is -2.06. The molecule has 1 aromatic carbocycles. The fourth-order valence-electron chi connectivity index (χ4n) is 1.70. The van der Waals surface area contributed by atoms with Crippen LogP contribution in [0.4, 0.5) is 8.78 Å². The molecule has 0 saturated heterocycles. The Kier molecular flexibility index (Phi) is 3.58. The zero-order valence-corrected chi connectivity index (χ0v) is 11.1. The first-order valence-electron chi connectivity index (χ1n) is 5.69. The van der Waals surface area contributed by atoms with Gasteiger partial charge in [-0.3, -0.25) is 13.9 Å². The number of ether oxygens (including phenoxy) is 1. The molecule has 1 aromatic heterocycles. The summed E-state index contributed by atoms with van der Waals surface area (Å²) >= 11 is 0. The van der Waals surface area contributed by atoms with Crippen molar-refractivity contribution in [1.82, 2.24) is 9.13 Å². The highest BCUT2D eigenvalue weighted by Gasteiger charge is 2.18. The number of aromatic nitrogens is 2. The Morgan fingerprint density at radius 2 is 1.86 bits per heavy atom. The van der Waals surface area contributed by atoms with Crippen LogP contribution in [-0.4, -0.2) is 9.13 Å². The average molecular weight is 293 g/mol. The molecule has 2 aromatic rings. The van der Waals surface area contributed by atoms with Crippen molar-refractivity contribution >= 4 is 0 Å². The smallest absolute Gasteiger partial charge is 0.333 e. The van der Waals surface area contributed by atoms with Crippen LogP contribution < -0.4 is 16.0 Å². The Bertz CT molecular complexity index is 878. The molecule has 0 amide bonds. The van der Waals surface area contributed by atoms with Gasteiger partial charge in [0.2, 0.25) is 5.88 Å². The van der Waals surface area contributed by atoms with E-state index in [1.54, 1.807) is 6.07 Å². The molecule has 21 heavy (non-hydrogen) atoms. The van der Waals surface area contributed by atoms with Gasteiger partial charge < -0.3 is 4.74 Å². The molecule has 0 aliphatic heterocycles. The number of nitrogens with zero attached hydrogens (tertiary/aromatic N) is 3. The van der Waals surface area contributed by atoms with Gasteiger partial charge in [0.15, 0.2) is 17.1 Å². The molecule has 6 nitrogen and oxygen atoms in total. The van der Waals surface area contributed by atoms with E-state index >= 15 is 0 Å². The van der Waals surface area contributed by atoms with Crippen LogP contribution in [0.2, 0.25) is 0 Å². The number of benzene rings is 1. The summed E-state index contributed by atoms with van der Waals surface area (Å²) < 4.78 is 33.1. The van der Waals surface area contributed by atoms with Crippen molar-refractivity contribution in [2.75, 3.05) is 0 Å². The number of rotatable bonds is 2. The van der Waals surface area contributed by atoms with Crippen molar-refractivity contribution in [3.05, 3.63) is 56.2 Å². The molecule has 0 aliphatic carbocycles. The maximum Gasteiger partial charge on any atom is 0.333 e. The summed E-state index contributed by atoms with van der Waals surface area (Å²) in [5, 5.41) is 9.02. The van der Waals surface area contributed by atoms with E-state index in [0.717, 1.165) is 21.3 Å². The highest BCUT2D eigenvalue weighted by Crippen LogP contribution is 2.25. The van der Waals surface area contributed by atoms with Crippen LogP contribution in [0.25, 0.3) is 0 Å². The van der Waals surface area contributed by atoms with E-state index in [-0.39, 0.29) is 0 Å². The summed E-state index contributed by atoms with van der Waals surface area (Å²) in [4.78, 5) is 23.6. The molecular formula is C13H9F2N3O3. The summed E-state index contributed by atoms with van der Waals surface area (Å²) in [5.74, 6) is -2.64. The van der Waals surface area contributed by atoms with E-state index < -0.39 is 40.1 Å². The van der Waals surface area contributed by atoms with Gasteiger partial charge in [0.1, 0.15) is 11.9 Å². The number of hydrogen-bond acceptors (Lipinski definition) is 4. The Balaban J connectivity index is 2.68. The first-order chi connectivity index (χ1) is 9.86. The van der Waals surface area contributed by atoms with Gasteiger partial charge in [0, 0.05) is 20.2 Å². The van der Waals surface area contributed by atoms with Gasteiger partial charge in [-0.15, -0.1) is 0 Å². The van der Waals surface area contributed by atoms with Crippen molar-refractivity contribution in [3.8, 4) is 17.7 Å². The minimum Gasteiger partial charge on any atom is -0.436 e. The van der Waals surface area contributed by atoms with Crippen LogP contribution in [-0.2, 0) is 14.1 Å². The highest BCUT2D eigenvalue weighted by atomic mass is 19.1. The predicted octanol–water partition coefficient (Wildman–Crippen LogP) is 1.03. The fraction of sp³-hybridized carbons (Fsp3) is 0.154. The molecule has 0 fully saturated rings. The molecule has 0 aliphatic rings. The molecule has 0 spiro atoms. The Morgan fingerprint density at radius 1 is 1.19 bits per heavy atom. The summed E-state index contributed by atoms with van der Waals surface area (Å²) in [7, 11) is 2.47. The van der Waals surface area contributed by atoms with Crippen LogP contribution in [0, 0.1) is 23.0 Å². The monoisotopic (exact) mass is 293 g/mol. The molecule has 108 valence electrons. The molecule has 8 heteroatoms. The van der Waals surface area contributed by atoms with E-state index in [4.69, 9.17) is 10.00 Å². The first-order valence-corrected chi connectivity index (χ1v) is 5.69. The van der Waals surface area contributed by atoms with Gasteiger partial charge in [0.05, 0.1) is 0 Å². The lowest BCUT2D eigenvalue weighted by Gasteiger charge is -2.12. The van der Waals surface area contributed by atoms with Crippen molar-refractivity contribution in [3.63, 3.8) is 0 Å². The van der Waals surface area contributed by atoms with Crippen LogP contribution in [0.1, 0.15) is 5.56 Å². The standard InChI is InChI=1S/C13H9F2N3O3/c1-17-11(19)8(6-16)12(18(2)13(17)20)21-10-4-3-7(14)5-9(10)15/h3-5H,1-2H3. The third-order valence-corrected chi connectivity index (χ3v) is 2.82. The van der Waals surface area contributed by atoms with Crippen molar-refractivity contribution in [2.45, 2.75) is 0 Å². The fourth-order valence-corrected chi connectivity index (χ4v) is 1.70. The van der Waals surface area contributed by atoms with Gasteiger partial charge >= 0.3 is 5.69 Å². The van der Waals surface area contributed by atoms with Crippen molar-refractivity contribution in [2.24, 2.45) is 14.1 Å². The molecule has 2 rings (SSSR count). The van der Waals surface area contributed by atoms with Gasteiger partial charge in [-0.05, 0) is 12.1 Å². The van der Waals surface area contributed by atoms with Gasteiger partial charge in [-0.25, -0.2) is 13.6 Å². The second-order valence-corrected chi connectivity index (χ2v) is 4.17. The van der Waals surface area contributed by atoms with E-state index in [9.17, 15) is 18.4 Å². The van der Waals surface area contributed by atoms with E-state index in [1.165, 1.54) is 14.1 Å². The lowest BCUT2D eigenvalue weighted by molar-refractivity contribution is 0.394. The van der Waals surface area contributed by atoms with Crippen molar-refractivity contribution < 1.29 is 13.5 Å². The van der Waals surface area contributed by atoms with Gasteiger partial charge in [0.25, 0.3) is 5.56 Å². The summed E-state index contributed by atoms with van der Waals surface area (Å²) in [6.07, 6.45) is 0. The highest BCUT2D eigenvalue weighted by molar-refractivity contribution is 5.40. The van der Waals surface area contributed by atoms with Gasteiger partial charge in [-0.1, -0.05) is 0 Å². The largest absolute Gasteiger partial charge is 0.436 e. The zero-order chi connectivity index (χ0) is 15.7. The number of halogens is 2. The average Bonchev–Trinajstić information content (AvgIpc) is 2.45. The predicted molar refractivity (Wildman–Crippen MR) is 68.1 cm³/mol. The normalized spacial score (nSPS) is 10.2. The second kappa shape index (κ2) is 5.20. The molecule has 0 saturated carbocycles. The molecule has 1 heterocycles. The maximum atomic E-state index is 13.6. The van der Waals surface area contributed by atoms with E-state index in [1.807, 2.05) is 0 Å². The molecule has 0 radical (unpaired) electrons. The minimum atomic E-state index is -1.02. The van der Waals surface area contributed by atoms with E-state index in [2.05, 4.69) is 0 Å². The maximum absolute atomic E-state index is 13.6. The molecule has 0 atom stereocenters. The Hall–Kier alpha value is -2.95. The SMILES string of the molecule is Cn1c(Oc2ccc(F)cc2F)c(C#N)c(=O)n(C)c1=O. The third kappa shape index (κ3) is 2.41. The van der Waals surface area contributed by atoms with Crippen LogP contribution in [0.3, 0.4) is 0 Å². The Morgan fingerprint density at radius 3 is 2.43 bits per heavy atom. The number of nitriles is 1. The van der Waals surface area contributed by atoms with Crippen LogP contribution in [0.5, 0.6) is 11.6 Å². The first kappa shape index (κ1) is 14.5. The summed E-state index contributed by atoms with van der Waals surface area (Å²) in [6.45, 7) is 0. The molecule has 0 N–H and O–H groups in total. The topological polar surface area (TPSA) is 77.0 Å². The van der Waals surface area contributed by atoms with Crippen molar-refractivity contribution in [1.29, 1.82) is 5.26 Å². The zero-order valence-electron chi connectivity index (χ0n) is 11.1. The molecule has 0 unspecified atom stereocenters. The second-order valence-electron chi connectivity index (χ2n) is 4.17. The quantitative estimate of drug-likeness (QED) is 0.828. The third-order valence-electron chi connectivity index (χ3n) is 2.82. The summed E-state index contributed by atoms with van der Waals surface area (Å²) in [6, 6.07) is 4.13. The van der Waals surface area contributed by atoms with Crippen LogP contribution >= 0.6 is 0 Å². The molecule has 0 bridgehead atoms. The minimum absolute atomic E-state index is 0.406. The number of hydrogen-bond donors (Lipinski definition) is 0. The molecular weight excluding hydrogens is 284 g/mol. The lowest BCUT2D eigenvalue weighted by Crippen LogP contribution is -2.38. The van der Waals surface area contributed by atoms with Gasteiger partial charge in [-0.2, -0.15) is 5.26 Å². The van der Waals surface area contributed by atoms with Crippen LogP contribution in [0.15, 0.2) is 27.8 Å². The van der Waals surface area contributed by atoms with E-state index in [0.29, 0.717) is 6.07 Å². The lowest BCUT2D eigenvalue weighted by atomic mass is 10.3.